The second-order valence-corrected chi connectivity index (χ2v) is 11.4. The topological polar surface area (TPSA) is 143 Å². The number of aromatic carboxylic acids is 1. The number of halogens is 1. The van der Waals surface area contributed by atoms with E-state index in [4.69, 9.17) is 10.2 Å². The number of nitrogens with two attached hydrogens (primary N) is 1. The lowest BCUT2D eigenvalue weighted by Gasteiger charge is -2.27. The summed E-state index contributed by atoms with van der Waals surface area (Å²) in [5.74, 6) is -1.89. The van der Waals surface area contributed by atoms with Gasteiger partial charge in [0.15, 0.2) is 0 Å². The van der Waals surface area contributed by atoms with Crippen LogP contribution in [0.15, 0.2) is 52.9 Å². The van der Waals surface area contributed by atoms with Crippen LogP contribution >= 0.6 is 0 Å². The zero-order chi connectivity index (χ0) is 28.2. The van der Waals surface area contributed by atoms with Gasteiger partial charge in [0.2, 0.25) is 10.0 Å². The summed E-state index contributed by atoms with van der Waals surface area (Å²) in [6.45, 7) is 1.81. The molecule has 11 heteroatoms. The van der Waals surface area contributed by atoms with Crippen molar-refractivity contribution in [3.8, 4) is 11.3 Å². The third-order valence-corrected chi connectivity index (χ3v) is 7.93. The van der Waals surface area contributed by atoms with Crippen LogP contribution in [0.4, 0.5) is 21.5 Å². The number of fused-ring (bicyclic) bond motifs is 1. The largest absolute Gasteiger partial charge is 0.478 e. The van der Waals surface area contributed by atoms with Crippen LogP contribution in [-0.4, -0.2) is 38.7 Å². The number of benzene rings is 3. The molecule has 5 rings (SSSR count). The predicted molar refractivity (Wildman–Crippen MR) is 147 cm³/mol. The molecule has 0 bridgehead atoms. The molecule has 1 heterocycles. The van der Waals surface area contributed by atoms with Crippen LogP contribution in [0.3, 0.4) is 0 Å². The number of hydrogen-bond acceptors (Lipinski definition) is 6. The van der Waals surface area contributed by atoms with E-state index >= 15 is 0 Å². The number of nitrogens with zero attached hydrogens (tertiary/aromatic N) is 1. The number of carboxylic acid groups (broad SMARTS) is 1. The Morgan fingerprint density at radius 3 is 2.36 bits per heavy atom. The fraction of sp³-hybridized carbons (Fsp3) is 0.214. The Morgan fingerprint density at radius 2 is 1.79 bits per heavy atom. The van der Waals surface area contributed by atoms with Crippen LogP contribution in [0.25, 0.3) is 22.3 Å². The molecule has 1 aromatic heterocycles. The summed E-state index contributed by atoms with van der Waals surface area (Å²) in [7, 11) is -2.49. The van der Waals surface area contributed by atoms with Gasteiger partial charge in [-0.25, -0.2) is 21.9 Å². The Hall–Kier alpha value is -4.38. The maximum Gasteiger partial charge on any atom is 0.337 e. The third kappa shape index (κ3) is 4.59. The molecule has 4 aromatic rings. The highest BCUT2D eigenvalue weighted by Crippen LogP contribution is 2.51. The number of nitrogens with one attached hydrogen (secondary N) is 1. The van der Waals surface area contributed by atoms with Crippen molar-refractivity contribution in [1.82, 2.24) is 5.32 Å². The Kier molecular flexibility index (Phi) is 6.34. The lowest BCUT2D eigenvalue weighted by molar-refractivity contribution is 0.0697. The number of amides is 1. The van der Waals surface area contributed by atoms with Gasteiger partial charge in [0.05, 0.1) is 28.8 Å². The number of aryl methyl sites for hydroxylation is 1. The highest BCUT2D eigenvalue weighted by Gasteiger charge is 2.36. The highest BCUT2D eigenvalue weighted by atomic mass is 32.2. The Balaban J connectivity index is 1.85. The minimum atomic E-state index is -3.98. The minimum absolute atomic E-state index is 0.000978. The molecule has 1 fully saturated rings. The Bertz CT molecular complexity index is 1760. The van der Waals surface area contributed by atoms with Crippen molar-refractivity contribution in [3.63, 3.8) is 0 Å². The molecule has 4 N–H and O–H groups in total. The first-order chi connectivity index (χ1) is 18.4. The van der Waals surface area contributed by atoms with Gasteiger partial charge in [-0.1, -0.05) is 0 Å². The third-order valence-electron chi connectivity index (χ3n) is 6.86. The molecule has 0 aliphatic heterocycles. The monoisotopic (exact) mass is 551 g/mol. The second-order valence-electron chi connectivity index (χ2n) is 9.58. The predicted octanol–water partition coefficient (Wildman–Crippen LogP) is 5.16. The standard InChI is InChI=1S/C28H26FN3O6S/c1-14-23(15-4-5-15)21(32(39(3,36)37)18-10-11-20(30)19(12-18)28(34)35)13-22-24(14)25(27(33)31-2)26(38-22)16-6-8-17(29)9-7-16/h6-13,15H,4-5,30H2,1-3H3,(H,31,33)(H,34,35). The van der Waals surface area contributed by atoms with E-state index in [1.165, 1.54) is 49.5 Å². The Labute approximate surface area is 224 Å². The van der Waals surface area contributed by atoms with E-state index in [9.17, 15) is 27.5 Å². The number of furan rings is 1. The van der Waals surface area contributed by atoms with Crippen LogP contribution in [-0.2, 0) is 10.0 Å². The van der Waals surface area contributed by atoms with Gasteiger partial charge < -0.3 is 20.6 Å². The molecule has 9 nitrogen and oxygen atoms in total. The zero-order valence-electron chi connectivity index (χ0n) is 21.4. The normalized spacial score (nSPS) is 13.4. The summed E-state index contributed by atoms with van der Waals surface area (Å²) in [6.07, 6.45) is 2.66. The second kappa shape index (κ2) is 9.42. The summed E-state index contributed by atoms with van der Waals surface area (Å²) in [5, 5.41) is 12.8. The molecule has 1 saturated carbocycles. The van der Waals surface area contributed by atoms with Gasteiger partial charge in [-0.15, -0.1) is 0 Å². The fourth-order valence-corrected chi connectivity index (χ4v) is 6.02. The molecule has 0 radical (unpaired) electrons. The smallest absolute Gasteiger partial charge is 0.337 e. The molecule has 1 aliphatic rings. The molecule has 3 aromatic carbocycles. The van der Waals surface area contributed by atoms with Gasteiger partial charge in [0.25, 0.3) is 5.91 Å². The maximum atomic E-state index is 13.6. The average Bonchev–Trinajstić information content (AvgIpc) is 3.63. The number of carbonyl (C=O) groups is 2. The first kappa shape index (κ1) is 26.2. The molecule has 202 valence electrons. The molecule has 1 aliphatic carbocycles. The maximum absolute atomic E-state index is 13.6. The van der Waals surface area contributed by atoms with Crippen molar-refractivity contribution in [1.29, 1.82) is 0 Å². The van der Waals surface area contributed by atoms with E-state index in [0.717, 1.165) is 29.0 Å². The van der Waals surface area contributed by atoms with E-state index in [0.29, 0.717) is 22.2 Å². The van der Waals surface area contributed by atoms with Gasteiger partial charge in [0, 0.05) is 29.8 Å². The number of carbonyl (C=O) groups excluding carboxylic acids is 1. The molecule has 0 saturated heterocycles. The van der Waals surface area contributed by atoms with Crippen molar-refractivity contribution < 1.29 is 31.9 Å². The first-order valence-corrected chi connectivity index (χ1v) is 14.0. The fourth-order valence-electron chi connectivity index (χ4n) is 5.02. The van der Waals surface area contributed by atoms with E-state index < -0.39 is 27.7 Å². The lowest BCUT2D eigenvalue weighted by atomic mass is 9.94. The van der Waals surface area contributed by atoms with Crippen molar-refractivity contribution >= 4 is 49.9 Å². The van der Waals surface area contributed by atoms with E-state index in [1.807, 2.05) is 6.92 Å². The quantitative estimate of drug-likeness (QED) is 0.269. The molecule has 0 spiro atoms. The first-order valence-electron chi connectivity index (χ1n) is 12.1. The lowest BCUT2D eigenvalue weighted by Crippen LogP contribution is -2.26. The van der Waals surface area contributed by atoms with E-state index in [-0.39, 0.29) is 39.8 Å². The summed E-state index contributed by atoms with van der Waals surface area (Å²) in [6, 6.07) is 11.1. The van der Waals surface area contributed by atoms with Crippen molar-refractivity contribution in [3.05, 3.63) is 76.6 Å². The highest BCUT2D eigenvalue weighted by molar-refractivity contribution is 7.92. The van der Waals surface area contributed by atoms with Crippen LogP contribution in [0.5, 0.6) is 0 Å². The number of hydrogen-bond donors (Lipinski definition) is 3. The van der Waals surface area contributed by atoms with Gasteiger partial charge in [-0.05, 0) is 79.3 Å². The molecule has 0 unspecified atom stereocenters. The summed E-state index contributed by atoms with van der Waals surface area (Å²) in [5.41, 5.74) is 8.38. The summed E-state index contributed by atoms with van der Waals surface area (Å²) < 4.78 is 47.4. The van der Waals surface area contributed by atoms with E-state index in [1.54, 1.807) is 6.07 Å². The van der Waals surface area contributed by atoms with Gasteiger partial charge >= 0.3 is 5.97 Å². The van der Waals surface area contributed by atoms with Crippen LogP contribution < -0.4 is 15.4 Å². The van der Waals surface area contributed by atoms with E-state index in [2.05, 4.69) is 5.32 Å². The minimum Gasteiger partial charge on any atom is -0.478 e. The van der Waals surface area contributed by atoms with Crippen LogP contribution in [0.1, 0.15) is 50.6 Å². The van der Waals surface area contributed by atoms with Gasteiger partial charge in [0.1, 0.15) is 17.2 Å². The molecule has 0 atom stereocenters. The summed E-state index contributed by atoms with van der Waals surface area (Å²) >= 11 is 0. The number of anilines is 3. The SMILES string of the molecule is CNC(=O)c1c(-c2ccc(F)cc2)oc2cc(N(c3ccc(N)c(C(=O)O)c3)S(C)(=O)=O)c(C3CC3)c(C)c12. The van der Waals surface area contributed by atoms with Gasteiger partial charge in [-0.3, -0.25) is 4.79 Å². The van der Waals surface area contributed by atoms with Crippen LogP contribution in [0, 0.1) is 12.7 Å². The van der Waals surface area contributed by atoms with Gasteiger partial charge in [-0.2, -0.15) is 0 Å². The van der Waals surface area contributed by atoms with Crippen molar-refractivity contribution in [2.45, 2.75) is 25.7 Å². The number of sulfonamides is 1. The molecule has 1 amide bonds. The number of carboxylic acids is 1. The summed E-state index contributed by atoms with van der Waals surface area (Å²) in [4.78, 5) is 24.9. The molecular formula is C28H26FN3O6S. The molecule has 39 heavy (non-hydrogen) atoms. The zero-order valence-corrected chi connectivity index (χ0v) is 22.2. The van der Waals surface area contributed by atoms with Crippen LogP contribution in [0.2, 0.25) is 0 Å². The van der Waals surface area contributed by atoms with Crippen molar-refractivity contribution in [2.75, 3.05) is 23.3 Å². The molecular weight excluding hydrogens is 525 g/mol. The number of rotatable bonds is 7. The van der Waals surface area contributed by atoms with Crippen molar-refractivity contribution in [2.24, 2.45) is 0 Å². The Morgan fingerprint density at radius 1 is 1.13 bits per heavy atom. The average molecular weight is 552 g/mol. The number of nitrogen functional groups attached to an aromatic ring is 1.